The van der Waals surface area contributed by atoms with Gasteiger partial charge in [0.2, 0.25) is 0 Å². The van der Waals surface area contributed by atoms with E-state index in [9.17, 15) is 19.5 Å². The quantitative estimate of drug-likeness (QED) is 0.215. The molecule has 1 aliphatic rings. The van der Waals surface area contributed by atoms with Crippen molar-refractivity contribution in [3.05, 3.63) is 24.3 Å². The molecule has 0 amide bonds. The van der Waals surface area contributed by atoms with Gasteiger partial charge >= 0.3 is 17.9 Å². The summed E-state index contributed by atoms with van der Waals surface area (Å²) < 4.78 is 10.9. The predicted octanol–water partition coefficient (Wildman–Crippen LogP) is 4.43. The Labute approximate surface area is 191 Å². The highest BCUT2D eigenvalue weighted by atomic mass is 16.5. The minimum Gasteiger partial charge on any atom is -0.481 e. The number of carbonyl (C=O) groups excluding carboxylic acids is 2. The molecule has 182 valence electrons. The molecule has 2 N–H and O–H groups in total. The third kappa shape index (κ3) is 11.5. The topological polar surface area (TPSA) is 110 Å². The number of unbranched alkanes of at least 4 members (excludes halogenated alkanes) is 3. The summed E-state index contributed by atoms with van der Waals surface area (Å²) in [5.74, 6) is -1.52. The van der Waals surface area contributed by atoms with Crippen molar-refractivity contribution >= 4 is 17.9 Å². The van der Waals surface area contributed by atoms with E-state index < -0.39 is 12.1 Å². The molecule has 0 aliphatic heterocycles. The van der Waals surface area contributed by atoms with Crippen molar-refractivity contribution in [2.75, 3.05) is 6.61 Å². The number of aliphatic hydroxyl groups is 1. The number of esters is 2. The van der Waals surface area contributed by atoms with E-state index in [0.717, 1.165) is 19.3 Å². The van der Waals surface area contributed by atoms with Crippen LogP contribution in [0.2, 0.25) is 0 Å². The fourth-order valence-electron chi connectivity index (χ4n) is 4.29. The Morgan fingerprint density at radius 3 is 2.47 bits per heavy atom. The van der Waals surface area contributed by atoms with Crippen LogP contribution >= 0.6 is 0 Å². The maximum atomic E-state index is 11.7. The van der Waals surface area contributed by atoms with Crippen LogP contribution < -0.4 is 0 Å². The van der Waals surface area contributed by atoms with Gasteiger partial charge in [-0.2, -0.15) is 0 Å². The van der Waals surface area contributed by atoms with E-state index in [4.69, 9.17) is 14.6 Å². The molecule has 0 bridgehead atoms. The maximum Gasteiger partial charge on any atom is 0.303 e. The number of ether oxygens (including phenoxy) is 2. The largest absolute Gasteiger partial charge is 0.481 e. The molecule has 0 spiro atoms. The summed E-state index contributed by atoms with van der Waals surface area (Å²) in [7, 11) is 0. The highest BCUT2D eigenvalue weighted by Crippen LogP contribution is 2.42. The first-order valence-corrected chi connectivity index (χ1v) is 11.8. The fourth-order valence-corrected chi connectivity index (χ4v) is 4.29. The second-order valence-corrected chi connectivity index (χ2v) is 8.63. The van der Waals surface area contributed by atoms with Crippen molar-refractivity contribution in [1.82, 2.24) is 0 Å². The first-order chi connectivity index (χ1) is 15.2. The Bertz CT molecular complexity index is 640. The average Bonchev–Trinajstić information content (AvgIpc) is 3.03. The molecular formula is C25H40O7. The van der Waals surface area contributed by atoms with Crippen LogP contribution in [0.4, 0.5) is 0 Å². The van der Waals surface area contributed by atoms with E-state index in [0.29, 0.717) is 32.1 Å². The summed E-state index contributed by atoms with van der Waals surface area (Å²) in [5, 5.41) is 19.1. The van der Waals surface area contributed by atoms with E-state index in [1.807, 2.05) is 24.3 Å². The monoisotopic (exact) mass is 452 g/mol. The van der Waals surface area contributed by atoms with Crippen LogP contribution in [0.25, 0.3) is 0 Å². The van der Waals surface area contributed by atoms with Gasteiger partial charge in [0.1, 0.15) is 6.10 Å². The molecule has 1 fully saturated rings. The fraction of sp³-hybridized carbons (Fsp3) is 0.720. The van der Waals surface area contributed by atoms with Gasteiger partial charge in [-0.05, 0) is 38.0 Å². The number of rotatable bonds is 15. The van der Waals surface area contributed by atoms with Gasteiger partial charge in [-0.25, -0.2) is 0 Å². The molecule has 2 unspecified atom stereocenters. The smallest absolute Gasteiger partial charge is 0.303 e. The van der Waals surface area contributed by atoms with Crippen molar-refractivity contribution in [2.45, 2.75) is 90.8 Å². The summed E-state index contributed by atoms with van der Waals surface area (Å²) in [4.78, 5) is 33.7. The highest BCUT2D eigenvalue weighted by molar-refractivity contribution is 5.67. The van der Waals surface area contributed by atoms with Gasteiger partial charge in [0, 0.05) is 32.1 Å². The molecule has 1 rings (SSSR count). The van der Waals surface area contributed by atoms with E-state index in [1.54, 1.807) is 0 Å². The van der Waals surface area contributed by atoms with Crippen LogP contribution in [0, 0.1) is 17.8 Å². The minimum absolute atomic E-state index is 0.00530. The zero-order chi connectivity index (χ0) is 23.9. The predicted molar refractivity (Wildman–Crippen MR) is 122 cm³/mol. The molecule has 1 saturated carbocycles. The molecule has 7 heteroatoms. The van der Waals surface area contributed by atoms with Crippen LogP contribution in [0.5, 0.6) is 0 Å². The first kappa shape index (κ1) is 27.9. The van der Waals surface area contributed by atoms with Crippen LogP contribution in [0.3, 0.4) is 0 Å². The van der Waals surface area contributed by atoms with Crippen molar-refractivity contribution in [3.8, 4) is 0 Å². The van der Waals surface area contributed by atoms with Crippen LogP contribution in [0.1, 0.15) is 78.6 Å². The molecule has 7 nitrogen and oxygen atoms in total. The van der Waals surface area contributed by atoms with Gasteiger partial charge in [-0.1, -0.05) is 50.5 Å². The first-order valence-electron chi connectivity index (χ1n) is 11.8. The zero-order valence-electron chi connectivity index (χ0n) is 19.7. The molecular weight excluding hydrogens is 412 g/mol. The third-order valence-electron chi connectivity index (χ3n) is 5.86. The van der Waals surface area contributed by atoms with Crippen molar-refractivity contribution in [3.63, 3.8) is 0 Å². The molecule has 0 saturated heterocycles. The lowest BCUT2D eigenvalue weighted by molar-refractivity contribution is -0.149. The zero-order valence-corrected chi connectivity index (χ0v) is 19.7. The number of carbonyl (C=O) groups is 3. The second-order valence-electron chi connectivity index (χ2n) is 8.63. The Hall–Kier alpha value is -2.15. The summed E-state index contributed by atoms with van der Waals surface area (Å²) in [5.41, 5.74) is 0. The number of hydrogen-bond donors (Lipinski definition) is 2. The van der Waals surface area contributed by atoms with Gasteiger partial charge < -0.3 is 19.7 Å². The van der Waals surface area contributed by atoms with E-state index in [2.05, 4.69) is 6.92 Å². The standard InChI is InChI=1S/C25H40O7/c1-4-5-8-11-21(28)14-15-22-20(17-31-18(2)26)16-24(32-19(3)27)23(22)12-9-6-7-10-13-25(29)30/h6,9,14-15,20-24,28H,4-5,7-8,10-13,16-17H2,1-3H3,(H,29,30)/b9-6-,15-14+/t20-,21?,22-,23+,24?/m0/s1. The van der Waals surface area contributed by atoms with Gasteiger partial charge in [0.15, 0.2) is 0 Å². The maximum absolute atomic E-state index is 11.7. The van der Waals surface area contributed by atoms with Gasteiger partial charge in [-0.3, -0.25) is 14.4 Å². The number of carboxylic acids is 1. The molecule has 0 radical (unpaired) electrons. The summed E-state index contributed by atoms with van der Waals surface area (Å²) in [6.45, 7) is 5.13. The molecule has 0 heterocycles. The Morgan fingerprint density at radius 1 is 1.09 bits per heavy atom. The van der Waals surface area contributed by atoms with Crippen LogP contribution in [0.15, 0.2) is 24.3 Å². The lowest BCUT2D eigenvalue weighted by Gasteiger charge is -2.23. The number of aliphatic carboxylic acids is 1. The Morgan fingerprint density at radius 2 is 1.84 bits per heavy atom. The normalized spacial score (nSPS) is 24.1. The van der Waals surface area contributed by atoms with Gasteiger partial charge in [0.25, 0.3) is 0 Å². The highest BCUT2D eigenvalue weighted by Gasteiger charge is 2.43. The number of allylic oxidation sites excluding steroid dienone is 3. The molecule has 0 aromatic heterocycles. The van der Waals surface area contributed by atoms with Gasteiger partial charge in [0.05, 0.1) is 12.7 Å². The lowest BCUT2D eigenvalue weighted by Crippen LogP contribution is -2.24. The summed E-state index contributed by atoms with van der Waals surface area (Å²) in [6, 6.07) is 0. The van der Waals surface area contributed by atoms with E-state index in [1.165, 1.54) is 13.8 Å². The molecule has 0 aromatic carbocycles. The Kier molecular flexibility index (Phi) is 13.6. The number of hydrogen-bond acceptors (Lipinski definition) is 6. The molecule has 1 aliphatic carbocycles. The second kappa shape index (κ2) is 15.6. The summed E-state index contributed by atoms with van der Waals surface area (Å²) in [6.07, 6.45) is 13.4. The van der Waals surface area contributed by atoms with Crippen molar-refractivity contribution < 1.29 is 34.1 Å². The van der Waals surface area contributed by atoms with E-state index >= 15 is 0 Å². The minimum atomic E-state index is -0.805. The lowest BCUT2D eigenvalue weighted by atomic mass is 9.86. The number of carboxylic acid groups (broad SMARTS) is 1. The average molecular weight is 453 g/mol. The molecule has 5 atom stereocenters. The van der Waals surface area contributed by atoms with Crippen LogP contribution in [-0.4, -0.2) is 46.9 Å². The molecule has 0 aromatic rings. The number of aliphatic hydroxyl groups excluding tert-OH is 1. The Balaban J connectivity index is 2.91. The van der Waals surface area contributed by atoms with Crippen molar-refractivity contribution in [1.29, 1.82) is 0 Å². The van der Waals surface area contributed by atoms with Crippen LogP contribution in [-0.2, 0) is 23.9 Å². The SMILES string of the molecule is CCCCCC(O)/C=C/[C@H]1[C@H](COC(C)=O)CC(OC(C)=O)[C@@H]1C/C=C\CCCC(=O)O. The van der Waals surface area contributed by atoms with Crippen molar-refractivity contribution in [2.24, 2.45) is 17.8 Å². The van der Waals surface area contributed by atoms with Gasteiger partial charge in [-0.15, -0.1) is 0 Å². The summed E-state index contributed by atoms with van der Waals surface area (Å²) >= 11 is 0. The third-order valence-corrected chi connectivity index (χ3v) is 5.86. The van der Waals surface area contributed by atoms with E-state index in [-0.39, 0.29) is 48.8 Å². The molecule has 32 heavy (non-hydrogen) atoms.